The lowest BCUT2D eigenvalue weighted by Gasteiger charge is -2.35. The van der Waals surface area contributed by atoms with E-state index in [-0.39, 0.29) is 43.5 Å². The van der Waals surface area contributed by atoms with Crippen molar-refractivity contribution in [2.45, 2.75) is 104 Å². The number of nitrogens with one attached hydrogen (secondary N) is 3. The lowest BCUT2D eigenvalue weighted by atomic mass is 9.85. The number of hydrogen-bond acceptors (Lipinski definition) is 11. The molecule has 1 saturated heterocycles. The third-order valence-electron chi connectivity index (χ3n) is 11.5. The van der Waals surface area contributed by atoms with Crippen LogP contribution in [0.3, 0.4) is 0 Å². The van der Waals surface area contributed by atoms with E-state index in [1.165, 1.54) is 4.90 Å². The fourth-order valence-corrected chi connectivity index (χ4v) is 8.81. The Morgan fingerprint density at radius 3 is 2.34 bits per heavy atom. The van der Waals surface area contributed by atoms with Gasteiger partial charge in [0.25, 0.3) is 5.91 Å². The van der Waals surface area contributed by atoms with Gasteiger partial charge in [-0.2, -0.15) is 10.4 Å². The number of unbranched alkanes of at least 4 members (excludes halogenated alkanes) is 2. The van der Waals surface area contributed by atoms with Gasteiger partial charge in [-0.25, -0.2) is 4.98 Å². The Labute approximate surface area is 400 Å². The smallest absolute Gasteiger partial charge is 0.251 e. The Morgan fingerprint density at radius 1 is 0.955 bits per heavy atom. The predicted octanol–water partition coefficient (Wildman–Crippen LogP) is 7.26. The number of nitriles is 1. The summed E-state index contributed by atoms with van der Waals surface area (Å²) in [6.07, 6.45) is 3.27. The van der Waals surface area contributed by atoms with Crippen molar-refractivity contribution in [1.82, 2.24) is 35.6 Å². The van der Waals surface area contributed by atoms with Crippen LogP contribution in [0.4, 0.5) is 0 Å². The largest absolute Gasteiger partial charge is 0.494 e. The molecule has 0 aliphatic carbocycles. The molecule has 0 spiro atoms. The van der Waals surface area contributed by atoms with E-state index < -0.39 is 35.4 Å². The first kappa shape index (κ1) is 50.3. The van der Waals surface area contributed by atoms with E-state index >= 15 is 0 Å². The number of ether oxygens (including phenoxy) is 2. The highest BCUT2D eigenvalue weighted by Gasteiger charge is 2.44. The molecule has 0 radical (unpaired) electrons. The highest BCUT2D eigenvalue weighted by atomic mass is 35.5. The molecule has 354 valence electrons. The number of aliphatic hydroxyl groups is 1. The molecule has 0 bridgehead atoms. The Balaban J connectivity index is 0.870. The van der Waals surface area contributed by atoms with Gasteiger partial charge in [0.05, 0.1) is 57.7 Å². The zero-order valence-corrected chi connectivity index (χ0v) is 40.3. The topological polar surface area (TPSA) is 201 Å². The van der Waals surface area contributed by atoms with Crippen LogP contribution in [0.1, 0.15) is 93.5 Å². The van der Waals surface area contributed by atoms with Gasteiger partial charge in [-0.15, -0.1) is 11.3 Å². The standard InChI is InChI=1S/C50H59ClN8O7S/c1-31(27-58-21-20-42(57-58)37-14-15-38(26-52)41(51)24-37)54-47(62)36-16-18-40(19-17-36)66-23-9-7-8-22-65-29-44(61)56-46(50(4,5)6)49(64)59-28-39(60)25-43(59)48(63)55-32(2)34-10-12-35(13-11-34)45-33(3)53-30-67-45/h10-21,24,30-32,39,43,46,60H,7-9,22-23,25,27-29H2,1-6H3,(H,54,62)(H,55,63)(H,56,61)/t31-,32-,39+,43?,46?/m0/s1. The molecule has 5 atom stereocenters. The first-order chi connectivity index (χ1) is 32.0. The van der Waals surface area contributed by atoms with E-state index in [4.69, 9.17) is 26.3 Å². The summed E-state index contributed by atoms with van der Waals surface area (Å²) in [5.41, 5.74) is 6.43. The molecule has 4 amide bonds. The van der Waals surface area contributed by atoms with Crippen LogP contribution in [-0.4, -0.2) is 99.0 Å². The van der Waals surface area contributed by atoms with Gasteiger partial charge in [0.15, 0.2) is 0 Å². The van der Waals surface area contributed by atoms with E-state index in [2.05, 4.69) is 26.0 Å². The van der Waals surface area contributed by atoms with Crippen LogP contribution in [0.25, 0.3) is 21.7 Å². The van der Waals surface area contributed by atoms with Crippen molar-refractivity contribution in [2.75, 3.05) is 26.4 Å². The molecular weight excluding hydrogens is 892 g/mol. The third-order valence-corrected chi connectivity index (χ3v) is 12.8. The molecule has 5 aromatic rings. The van der Waals surface area contributed by atoms with E-state index in [0.29, 0.717) is 53.8 Å². The maximum Gasteiger partial charge on any atom is 0.251 e. The van der Waals surface area contributed by atoms with Crippen LogP contribution in [0.5, 0.6) is 5.75 Å². The SMILES string of the molecule is Cc1ncsc1-c1ccc([C@H](C)NC(=O)C2C[C@@H](O)CN2C(=O)C(NC(=O)COCCCCCOc2ccc(C(=O)N[C@@H](C)Cn3ccc(-c4ccc(C#N)c(Cl)c4)n3)cc2)C(C)(C)C)cc1. The highest BCUT2D eigenvalue weighted by molar-refractivity contribution is 7.13. The molecule has 4 N–H and O–H groups in total. The minimum absolute atomic E-state index is 0.0184. The molecule has 1 aliphatic rings. The third kappa shape index (κ3) is 13.7. The van der Waals surface area contributed by atoms with Gasteiger partial charge >= 0.3 is 0 Å². The maximum absolute atomic E-state index is 14.0. The minimum atomic E-state index is -0.959. The number of aliphatic hydroxyl groups excluding tert-OH is 1. The number of hydrogen-bond donors (Lipinski definition) is 4. The van der Waals surface area contributed by atoms with E-state index in [0.717, 1.165) is 40.1 Å². The van der Waals surface area contributed by atoms with Crippen molar-refractivity contribution >= 4 is 46.6 Å². The van der Waals surface area contributed by atoms with Crippen LogP contribution < -0.4 is 20.7 Å². The van der Waals surface area contributed by atoms with E-state index in [9.17, 15) is 24.3 Å². The summed E-state index contributed by atoms with van der Waals surface area (Å²) in [7, 11) is 0. The van der Waals surface area contributed by atoms with Gasteiger partial charge < -0.3 is 35.4 Å². The Bertz CT molecular complexity index is 2530. The number of nitrogens with zero attached hydrogens (tertiary/aromatic N) is 5. The average molecular weight is 952 g/mol. The number of amides is 4. The van der Waals surface area contributed by atoms with Crippen molar-refractivity contribution in [1.29, 1.82) is 5.26 Å². The number of rotatable bonds is 20. The summed E-state index contributed by atoms with van der Waals surface area (Å²) < 4.78 is 13.3. The van der Waals surface area contributed by atoms with Crippen molar-refractivity contribution in [3.8, 4) is 33.5 Å². The second kappa shape index (κ2) is 23.1. The summed E-state index contributed by atoms with van der Waals surface area (Å²) in [5, 5.41) is 33.6. The Hall–Kier alpha value is -6.12. The lowest BCUT2D eigenvalue weighted by Crippen LogP contribution is -2.58. The number of thiazole rings is 1. The van der Waals surface area contributed by atoms with Gasteiger partial charge in [-0.1, -0.05) is 62.7 Å². The number of likely N-dealkylation sites (tertiary alicyclic amines) is 1. The number of aryl methyl sites for hydroxylation is 1. The van der Waals surface area contributed by atoms with Crippen LogP contribution in [0.2, 0.25) is 5.02 Å². The molecular formula is C50H59ClN8O7S. The lowest BCUT2D eigenvalue weighted by molar-refractivity contribution is -0.144. The number of carbonyl (C=O) groups is 4. The second-order valence-corrected chi connectivity index (χ2v) is 19.2. The number of halogens is 1. The molecule has 6 rings (SSSR count). The first-order valence-electron chi connectivity index (χ1n) is 22.4. The first-order valence-corrected chi connectivity index (χ1v) is 23.7. The summed E-state index contributed by atoms with van der Waals surface area (Å²) >= 11 is 7.76. The molecule has 17 heteroatoms. The van der Waals surface area contributed by atoms with Gasteiger partial charge in [-0.3, -0.25) is 23.9 Å². The minimum Gasteiger partial charge on any atom is -0.494 e. The van der Waals surface area contributed by atoms with Crippen LogP contribution in [0.15, 0.2) is 84.5 Å². The summed E-state index contributed by atoms with van der Waals surface area (Å²) in [4.78, 5) is 60.5. The van der Waals surface area contributed by atoms with Gasteiger partial charge in [0.1, 0.15) is 30.5 Å². The zero-order valence-electron chi connectivity index (χ0n) is 38.8. The fraction of sp³-hybridized carbons (Fsp3) is 0.420. The summed E-state index contributed by atoms with van der Waals surface area (Å²) in [6, 6.07) is 21.5. The van der Waals surface area contributed by atoms with Crippen molar-refractivity contribution in [3.63, 3.8) is 0 Å². The Kier molecular flexibility index (Phi) is 17.3. The maximum atomic E-state index is 14.0. The van der Waals surface area contributed by atoms with E-state index in [1.54, 1.807) is 58.5 Å². The van der Waals surface area contributed by atoms with E-state index in [1.807, 2.05) is 89.7 Å². The quantitative estimate of drug-likeness (QED) is 0.0576. The number of carbonyl (C=O) groups excluding carboxylic acids is 4. The van der Waals surface area contributed by atoms with Gasteiger partial charge in [0.2, 0.25) is 17.7 Å². The summed E-state index contributed by atoms with van der Waals surface area (Å²) in [5.74, 6) is -0.836. The van der Waals surface area contributed by atoms with Crippen molar-refractivity contribution in [3.05, 3.63) is 112 Å². The Morgan fingerprint density at radius 2 is 1.67 bits per heavy atom. The molecule has 1 fully saturated rings. The predicted molar refractivity (Wildman–Crippen MR) is 257 cm³/mol. The molecule has 67 heavy (non-hydrogen) atoms. The van der Waals surface area contributed by atoms with Crippen molar-refractivity contribution < 1.29 is 33.8 Å². The average Bonchev–Trinajstić information content (AvgIpc) is 4.06. The van der Waals surface area contributed by atoms with Crippen LogP contribution in [0, 0.1) is 23.7 Å². The van der Waals surface area contributed by atoms with Crippen molar-refractivity contribution in [2.24, 2.45) is 5.41 Å². The van der Waals surface area contributed by atoms with Crippen LogP contribution in [-0.2, 0) is 25.7 Å². The molecule has 15 nitrogen and oxygen atoms in total. The monoisotopic (exact) mass is 950 g/mol. The second-order valence-electron chi connectivity index (χ2n) is 18.0. The highest BCUT2D eigenvalue weighted by Crippen LogP contribution is 2.30. The molecule has 2 unspecified atom stereocenters. The van der Waals surface area contributed by atoms with Crippen LogP contribution >= 0.6 is 22.9 Å². The molecule has 1 aliphatic heterocycles. The van der Waals surface area contributed by atoms with Gasteiger partial charge in [0, 0.05) is 42.9 Å². The normalized spacial score (nSPS) is 16.1. The zero-order chi connectivity index (χ0) is 48.3. The molecule has 0 saturated carbocycles. The molecule has 2 aromatic heterocycles. The molecule has 3 heterocycles. The fourth-order valence-electron chi connectivity index (χ4n) is 7.77. The number of benzene rings is 3. The number of β-amino-alcohol motifs (C(OH)–C–C–N with tert-alkyl or cyclic N) is 1. The summed E-state index contributed by atoms with van der Waals surface area (Å²) in [6.45, 7) is 12.3. The van der Waals surface area contributed by atoms with Gasteiger partial charge in [-0.05, 0) is 99.0 Å². The number of aromatic nitrogens is 3. The molecule has 3 aromatic carbocycles.